The molecule has 0 heterocycles. The van der Waals surface area contributed by atoms with Crippen LogP contribution in [0.1, 0.15) is 36.7 Å². The van der Waals surface area contributed by atoms with E-state index in [2.05, 4.69) is 10.6 Å². The summed E-state index contributed by atoms with van der Waals surface area (Å²) >= 11 is 0. The van der Waals surface area contributed by atoms with Crippen LogP contribution < -0.4 is 16.4 Å². The van der Waals surface area contributed by atoms with E-state index in [9.17, 15) is 9.59 Å². The Morgan fingerprint density at radius 3 is 2.50 bits per heavy atom. The Balaban J connectivity index is 2.66. The summed E-state index contributed by atoms with van der Waals surface area (Å²) in [5, 5.41) is 5.47. The van der Waals surface area contributed by atoms with Gasteiger partial charge in [0.1, 0.15) is 6.04 Å². The van der Waals surface area contributed by atoms with Crippen molar-refractivity contribution in [1.82, 2.24) is 10.6 Å². The molecule has 0 saturated heterocycles. The largest absolute Gasteiger partial charge is 0.398 e. The van der Waals surface area contributed by atoms with Gasteiger partial charge in [-0.3, -0.25) is 9.59 Å². The Hall–Kier alpha value is -2.04. The van der Waals surface area contributed by atoms with Crippen molar-refractivity contribution in [3.63, 3.8) is 0 Å². The van der Waals surface area contributed by atoms with Crippen molar-refractivity contribution >= 4 is 17.5 Å². The van der Waals surface area contributed by atoms with Crippen molar-refractivity contribution in [2.45, 2.75) is 33.7 Å². The molecule has 5 heteroatoms. The summed E-state index contributed by atoms with van der Waals surface area (Å²) in [5.74, 6) is -0.103. The number of hydrogen-bond acceptors (Lipinski definition) is 3. The van der Waals surface area contributed by atoms with Crippen LogP contribution in [0.3, 0.4) is 0 Å². The van der Waals surface area contributed by atoms with Gasteiger partial charge in [0, 0.05) is 17.8 Å². The molecular formula is C15H23N3O2. The molecule has 20 heavy (non-hydrogen) atoms. The molecule has 2 amide bonds. The summed E-state index contributed by atoms with van der Waals surface area (Å²) in [4.78, 5) is 23.9. The molecular weight excluding hydrogens is 254 g/mol. The highest BCUT2D eigenvalue weighted by Gasteiger charge is 2.18. The molecule has 1 unspecified atom stereocenters. The fourth-order valence-corrected chi connectivity index (χ4v) is 1.70. The highest BCUT2D eigenvalue weighted by atomic mass is 16.2. The Kier molecular flexibility index (Phi) is 5.55. The molecule has 1 rings (SSSR count). The maximum absolute atomic E-state index is 12.1. The van der Waals surface area contributed by atoms with E-state index in [0.29, 0.717) is 23.7 Å². The number of benzene rings is 1. The van der Waals surface area contributed by atoms with Gasteiger partial charge in [0.15, 0.2) is 0 Å². The summed E-state index contributed by atoms with van der Waals surface area (Å²) in [5.41, 5.74) is 7.55. The Bertz CT molecular complexity index is 498. The summed E-state index contributed by atoms with van der Waals surface area (Å²) < 4.78 is 0. The zero-order valence-corrected chi connectivity index (χ0v) is 12.5. The normalized spacial score (nSPS) is 12.1. The number of rotatable bonds is 5. The van der Waals surface area contributed by atoms with Gasteiger partial charge >= 0.3 is 0 Å². The van der Waals surface area contributed by atoms with Crippen LogP contribution >= 0.6 is 0 Å². The van der Waals surface area contributed by atoms with Crippen LogP contribution in [0, 0.1) is 12.8 Å². The molecule has 1 aromatic rings. The minimum Gasteiger partial charge on any atom is -0.398 e. The minimum absolute atomic E-state index is 0.186. The molecule has 5 nitrogen and oxygen atoms in total. The second kappa shape index (κ2) is 6.93. The highest BCUT2D eigenvalue weighted by molar-refractivity contribution is 5.99. The van der Waals surface area contributed by atoms with Crippen molar-refractivity contribution in [2.75, 3.05) is 12.3 Å². The van der Waals surface area contributed by atoms with Crippen molar-refractivity contribution in [3.8, 4) is 0 Å². The Labute approximate surface area is 119 Å². The predicted octanol–water partition coefficient (Wildman–Crippen LogP) is 1.47. The molecule has 1 atom stereocenters. The van der Waals surface area contributed by atoms with E-state index < -0.39 is 6.04 Å². The van der Waals surface area contributed by atoms with Crippen molar-refractivity contribution in [1.29, 1.82) is 0 Å². The zero-order chi connectivity index (χ0) is 15.3. The number of carbonyl (C=O) groups is 2. The topological polar surface area (TPSA) is 84.2 Å². The van der Waals surface area contributed by atoms with Gasteiger partial charge in [-0.1, -0.05) is 19.9 Å². The molecule has 0 aliphatic carbocycles. The first-order valence-corrected chi connectivity index (χ1v) is 6.76. The molecule has 0 aromatic heterocycles. The van der Waals surface area contributed by atoms with Crippen LogP contribution in [0.4, 0.5) is 5.69 Å². The molecule has 4 N–H and O–H groups in total. The summed E-state index contributed by atoms with van der Waals surface area (Å²) in [6.45, 7) is 8.07. The first kappa shape index (κ1) is 16.0. The molecule has 0 aliphatic heterocycles. The maximum atomic E-state index is 12.1. The highest BCUT2D eigenvalue weighted by Crippen LogP contribution is 2.15. The Morgan fingerprint density at radius 1 is 1.25 bits per heavy atom. The van der Waals surface area contributed by atoms with Crippen LogP contribution in [0.2, 0.25) is 0 Å². The van der Waals surface area contributed by atoms with Crippen LogP contribution in [0.25, 0.3) is 0 Å². The number of nitrogens with one attached hydrogen (secondary N) is 2. The standard InChI is InChI=1S/C15H23N3O2/c1-9(2)8-17-14(19)11(4)18-15(20)12-6-5-7-13(16)10(12)3/h5-7,9,11H,8,16H2,1-4H3,(H,17,19)(H,18,20). The van der Waals surface area contributed by atoms with Gasteiger partial charge in [0.2, 0.25) is 5.91 Å². The fourth-order valence-electron chi connectivity index (χ4n) is 1.70. The predicted molar refractivity (Wildman–Crippen MR) is 80.4 cm³/mol. The van der Waals surface area contributed by atoms with Crippen molar-refractivity contribution in [2.24, 2.45) is 5.92 Å². The SMILES string of the molecule is Cc1c(N)cccc1C(=O)NC(C)C(=O)NCC(C)C. The van der Waals surface area contributed by atoms with Gasteiger partial charge < -0.3 is 16.4 Å². The summed E-state index contributed by atoms with van der Waals surface area (Å²) in [6.07, 6.45) is 0. The second-order valence-electron chi connectivity index (χ2n) is 5.35. The first-order chi connectivity index (χ1) is 9.32. The number of nitrogen functional groups attached to an aromatic ring is 1. The third-order valence-electron chi connectivity index (χ3n) is 3.05. The number of amides is 2. The smallest absolute Gasteiger partial charge is 0.252 e. The summed E-state index contributed by atoms with van der Waals surface area (Å²) in [6, 6.07) is 4.58. The van der Waals surface area contributed by atoms with E-state index in [4.69, 9.17) is 5.73 Å². The lowest BCUT2D eigenvalue weighted by Gasteiger charge is -2.16. The molecule has 1 aromatic carbocycles. The van der Waals surface area contributed by atoms with Gasteiger partial charge in [0.25, 0.3) is 5.91 Å². The number of carbonyl (C=O) groups excluding carboxylic acids is 2. The van der Waals surface area contributed by atoms with Crippen molar-refractivity contribution in [3.05, 3.63) is 29.3 Å². The van der Waals surface area contributed by atoms with Crippen LogP contribution in [-0.2, 0) is 4.79 Å². The Morgan fingerprint density at radius 2 is 1.90 bits per heavy atom. The third-order valence-corrected chi connectivity index (χ3v) is 3.05. The molecule has 0 radical (unpaired) electrons. The van der Waals surface area contributed by atoms with Gasteiger partial charge in [0.05, 0.1) is 0 Å². The number of nitrogens with two attached hydrogens (primary N) is 1. The average Bonchev–Trinajstić information content (AvgIpc) is 2.38. The molecule has 110 valence electrons. The van der Waals surface area contributed by atoms with Crippen molar-refractivity contribution < 1.29 is 9.59 Å². The molecule has 0 saturated carbocycles. The zero-order valence-electron chi connectivity index (χ0n) is 12.5. The molecule has 0 fully saturated rings. The average molecular weight is 277 g/mol. The monoisotopic (exact) mass is 277 g/mol. The van der Waals surface area contributed by atoms with Gasteiger partial charge in [-0.05, 0) is 37.5 Å². The van der Waals surface area contributed by atoms with E-state index in [1.807, 2.05) is 13.8 Å². The summed E-state index contributed by atoms with van der Waals surface area (Å²) in [7, 11) is 0. The molecule has 0 aliphatic rings. The third kappa shape index (κ3) is 4.26. The van der Waals surface area contributed by atoms with Gasteiger partial charge in [-0.2, -0.15) is 0 Å². The van der Waals surface area contributed by atoms with E-state index in [0.717, 1.165) is 5.56 Å². The van der Waals surface area contributed by atoms with E-state index in [1.165, 1.54) is 0 Å². The lowest BCUT2D eigenvalue weighted by Crippen LogP contribution is -2.45. The maximum Gasteiger partial charge on any atom is 0.252 e. The van der Waals surface area contributed by atoms with E-state index >= 15 is 0 Å². The van der Waals surface area contributed by atoms with Gasteiger partial charge in [-0.15, -0.1) is 0 Å². The lowest BCUT2D eigenvalue weighted by atomic mass is 10.1. The van der Waals surface area contributed by atoms with Crippen LogP contribution in [0.15, 0.2) is 18.2 Å². The van der Waals surface area contributed by atoms with Crippen LogP contribution in [-0.4, -0.2) is 24.4 Å². The van der Waals surface area contributed by atoms with Crippen LogP contribution in [0.5, 0.6) is 0 Å². The van der Waals surface area contributed by atoms with Gasteiger partial charge in [-0.25, -0.2) is 0 Å². The van der Waals surface area contributed by atoms with E-state index in [1.54, 1.807) is 32.0 Å². The minimum atomic E-state index is -0.581. The quantitative estimate of drug-likeness (QED) is 0.713. The fraction of sp³-hybridized carbons (Fsp3) is 0.467. The molecule has 0 bridgehead atoms. The lowest BCUT2D eigenvalue weighted by molar-refractivity contribution is -0.122. The second-order valence-corrected chi connectivity index (χ2v) is 5.35. The number of hydrogen-bond donors (Lipinski definition) is 3. The van der Waals surface area contributed by atoms with E-state index in [-0.39, 0.29) is 11.8 Å². The number of anilines is 1. The molecule has 0 spiro atoms. The first-order valence-electron chi connectivity index (χ1n) is 6.76.